The van der Waals surface area contributed by atoms with E-state index in [4.69, 9.17) is 11.6 Å². The Morgan fingerprint density at radius 2 is 1.69 bits per heavy atom. The summed E-state index contributed by atoms with van der Waals surface area (Å²) in [6.45, 7) is 0. The molecular formula is C17H11ClF4N4. The van der Waals surface area contributed by atoms with E-state index in [0.29, 0.717) is 0 Å². The van der Waals surface area contributed by atoms with Crippen LogP contribution in [0.3, 0.4) is 0 Å². The van der Waals surface area contributed by atoms with Crippen molar-refractivity contribution in [1.82, 2.24) is 9.97 Å². The van der Waals surface area contributed by atoms with E-state index in [-0.39, 0.29) is 28.2 Å². The third kappa shape index (κ3) is 4.20. The summed E-state index contributed by atoms with van der Waals surface area (Å²) in [4.78, 5) is 8.05. The average molecular weight is 383 g/mol. The highest BCUT2D eigenvalue weighted by Gasteiger charge is 2.31. The van der Waals surface area contributed by atoms with Crippen LogP contribution >= 0.6 is 11.6 Å². The molecule has 3 aromatic rings. The monoisotopic (exact) mass is 382 g/mol. The molecule has 0 fully saturated rings. The Hall–Kier alpha value is -2.87. The highest BCUT2D eigenvalue weighted by molar-refractivity contribution is 6.33. The minimum Gasteiger partial charge on any atom is -0.339 e. The molecule has 0 saturated heterocycles. The van der Waals surface area contributed by atoms with Crippen LogP contribution in [0.15, 0.2) is 54.7 Å². The van der Waals surface area contributed by atoms with E-state index in [2.05, 4.69) is 20.6 Å². The molecule has 2 aromatic carbocycles. The maximum Gasteiger partial charge on any atom is 0.416 e. The van der Waals surface area contributed by atoms with Gasteiger partial charge in [-0.15, -0.1) is 0 Å². The molecule has 0 spiro atoms. The number of anilines is 4. The number of rotatable bonds is 4. The molecule has 9 heteroatoms. The summed E-state index contributed by atoms with van der Waals surface area (Å²) in [6, 6.07) is 10.3. The van der Waals surface area contributed by atoms with Gasteiger partial charge in [-0.2, -0.15) is 18.2 Å². The predicted octanol–water partition coefficient (Wildman–Crippen LogP) is 5.78. The summed E-state index contributed by atoms with van der Waals surface area (Å²) in [5, 5.41) is 5.50. The SMILES string of the molecule is Fc1ccccc1Nc1nccc(Nc2cc(C(F)(F)F)ccc2Cl)n1. The highest BCUT2D eigenvalue weighted by atomic mass is 35.5. The van der Waals surface area contributed by atoms with Crippen molar-refractivity contribution in [2.75, 3.05) is 10.6 Å². The topological polar surface area (TPSA) is 49.8 Å². The molecule has 134 valence electrons. The number of alkyl halides is 3. The van der Waals surface area contributed by atoms with Gasteiger partial charge in [0.05, 0.1) is 22.0 Å². The minimum absolute atomic E-state index is 0.0389. The molecule has 1 aromatic heterocycles. The van der Waals surface area contributed by atoms with Crippen molar-refractivity contribution in [3.8, 4) is 0 Å². The molecular weight excluding hydrogens is 372 g/mol. The summed E-state index contributed by atoms with van der Waals surface area (Å²) in [5.41, 5.74) is -0.637. The number of nitrogens with zero attached hydrogens (tertiary/aromatic N) is 2. The van der Waals surface area contributed by atoms with Crippen LogP contribution in [-0.2, 0) is 6.18 Å². The van der Waals surface area contributed by atoms with E-state index in [0.717, 1.165) is 18.2 Å². The van der Waals surface area contributed by atoms with E-state index >= 15 is 0 Å². The zero-order valence-corrected chi connectivity index (χ0v) is 13.7. The number of halogens is 5. The van der Waals surface area contributed by atoms with E-state index in [9.17, 15) is 17.6 Å². The van der Waals surface area contributed by atoms with Gasteiger partial charge in [0.1, 0.15) is 11.6 Å². The van der Waals surface area contributed by atoms with Crippen LogP contribution in [0, 0.1) is 5.82 Å². The second-order valence-corrected chi connectivity index (χ2v) is 5.59. The standard InChI is InChI=1S/C17H11ClF4N4/c18-11-6-5-10(17(20,21)22)9-14(11)24-15-7-8-23-16(26-15)25-13-4-2-1-3-12(13)19/h1-9H,(H2,23,24,25,26). The van der Waals surface area contributed by atoms with Crippen molar-refractivity contribution in [3.63, 3.8) is 0 Å². The molecule has 2 N–H and O–H groups in total. The van der Waals surface area contributed by atoms with E-state index in [1.54, 1.807) is 6.07 Å². The lowest BCUT2D eigenvalue weighted by atomic mass is 10.2. The van der Waals surface area contributed by atoms with Gasteiger partial charge in [0.15, 0.2) is 0 Å². The summed E-state index contributed by atoms with van der Waals surface area (Å²) >= 11 is 5.95. The van der Waals surface area contributed by atoms with Gasteiger partial charge in [0.25, 0.3) is 0 Å². The van der Waals surface area contributed by atoms with Crippen molar-refractivity contribution >= 4 is 34.7 Å². The molecule has 0 aliphatic heterocycles. The van der Waals surface area contributed by atoms with Crippen LogP contribution in [0.1, 0.15) is 5.56 Å². The van der Waals surface area contributed by atoms with Gasteiger partial charge in [-0.1, -0.05) is 23.7 Å². The largest absolute Gasteiger partial charge is 0.416 e. The van der Waals surface area contributed by atoms with Crippen molar-refractivity contribution in [1.29, 1.82) is 0 Å². The van der Waals surface area contributed by atoms with E-state index in [1.807, 2.05) is 0 Å². The first-order valence-corrected chi connectivity index (χ1v) is 7.69. The van der Waals surface area contributed by atoms with E-state index in [1.165, 1.54) is 30.5 Å². The van der Waals surface area contributed by atoms with Crippen molar-refractivity contribution < 1.29 is 17.6 Å². The first-order valence-electron chi connectivity index (χ1n) is 7.31. The molecule has 0 saturated carbocycles. The second kappa shape index (κ2) is 7.17. The number of para-hydroxylation sites is 1. The van der Waals surface area contributed by atoms with Crippen molar-refractivity contribution in [2.45, 2.75) is 6.18 Å². The van der Waals surface area contributed by atoms with Crippen molar-refractivity contribution in [3.05, 3.63) is 71.1 Å². The molecule has 3 rings (SSSR count). The van der Waals surface area contributed by atoms with Crippen LogP contribution in [0.2, 0.25) is 5.02 Å². The van der Waals surface area contributed by atoms with E-state index < -0.39 is 17.6 Å². The van der Waals surface area contributed by atoms with Crippen LogP contribution in [0.5, 0.6) is 0 Å². The summed E-state index contributed by atoms with van der Waals surface area (Å²) in [5.74, 6) is -0.223. The zero-order valence-electron chi connectivity index (χ0n) is 13.0. The Bertz CT molecular complexity index is 931. The van der Waals surface area contributed by atoms with Gasteiger partial charge in [0.2, 0.25) is 5.95 Å². The Morgan fingerprint density at radius 3 is 2.42 bits per heavy atom. The summed E-state index contributed by atoms with van der Waals surface area (Å²) < 4.78 is 52.2. The second-order valence-electron chi connectivity index (χ2n) is 5.19. The fourth-order valence-electron chi connectivity index (χ4n) is 2.11. The Balaban J connectivity index is 1.84. The first-order chi connectivity index (χ1) is 12.3. The molecule has 4 nitrogen and oxygen atoms in total. The number of benzene rings is 2. The lowest BCUT2D eigenvalue weighted by Crippen LogP contribution is -2.06. The molecule has 0 bridgehead atoms. The zero-order chi connectivity index (χ0) is 18.7. The third-order valence-electron chi connectivity index (χ3n) is 3.33. The molecule has 1 heterocycles. The molecule has 0 aliphatic carbocycles. The summed E-state index contributed by atoms with van der Waals surface area (Å²) in [7, 11) is 0. The minimum atomic E-state index is -4.50. The Labute approximate surface area is 150 Å². The smallest absolute Gasteiger partial charge is 0.339 e. The molecule has 0 unspecified atom stereocenters. The molecule has 0 radical (unpaired) electrons. The van der Waals surface area contributed by atoms with Gasteiger partial charge >= 0.3 is 6.18 Å². The molecule has 0 atom stereocenters. The number of hydrogen-bond donors (Lipinski definition) is 2. The molecule has 26 heavy (non-hydrogen) atoms. The van der Waals surface area contributed by atoms with Crippen LogP contribution in [0.25, 0.3) is 0 Å². The Morgan fingerprint density at radius 1 is 0.923 bits per heavy atom. The maximum atomic E-state index is 13.7. The number of hydrogen-bond acceptors (Lipinski definition) is 4. The van der Waals surface area contributed by atoms with Crippen molar-refractivity contribution in [2.24, 2.45) is 0 Å². The normalized spacial score (nSPS) is 11.3. The van der Waals surface area contributed by atoms with Gasteiger partial charge < -0.3 is 10.6 Å². The number of aromatic nitrogens is 2. The Kier molecular flexibility index (Phi) is 4.94. The molecule has 0 aliphatic rings. The molecule has 0 amide bonds. The highest BCUT2D eigenvalue weighted by Crippen LogP contribution is 2.34. The quantitative estimate of drug-likeness (QED) is 0.562. The lowest BCUT2D eigenvalue weighted by Gasteiger charge is -2.12. The maximum absolute atomic E-state index is 13.7. The predicted molar refractivity (Wildman–Crippen MR) is 91.5 cm³/mol. The number of nitrogens with one attached hydrogen (secondary N) is 2. The fraction of sp³-hybridized carbons (Fsp3) is 0.0588. The van der Waals surface area contributed by atoms with Crippen LogP contribution in [-0.4, -0.2) is 9.97 Å². The van der Waals surface area contributed by atoms with Gasteiger partial charge in [0, 0.05) is 6.20 Å². The summed E-state index contributed by atoms with van der Waals surface area (Å²) in [6.07, 6.45) is -3.12. The van der Waals surface area contributed by atoms with Gasteiger partial charge in [-0.25, -0.2) is 9.37 Å². The van der Waals surface area contributed by atoms with Gasteiger partial charge in [-0.05, 0) is 36.4 Å². The van der Waals surface area contributed by atoms with Crippen LogP contribution in [0.4, 0.5) is 40.7 Å². The first kappa shape index (κ1) is 17.9. The fourth-order valence-corrected chi connectivity index (χ4v) is 2.27. The van der Waals surface area contributed by atoms with Crippen LogP contribution < -0.4 is 10.6 Å². The lowest BCUT2D eigenvalue weighted by molar-refractivity contribution is -0.137. The average Bonchev–Trinajstić information content (AvgIpc) is 2.58. The van der Waals surface area contributed by atoms with Gasteiger partial charge in [-0.3, -0.25) is 0 Å². The third-order valence-corrected chi connectivity index (χ3v) is 3.66.